The van der Waals surface area contributed by atoms with Crippen LogP contribution in [0.4, 0.5) is 0 Å². The predicted octanol–water partition coefficient (Wildman–Crippen LogP) is 4.20. The van der Waals surface area contributed by atoms with Gasteiger partial charge in [-0.25, -0.2) is 0 Å². The Hall–Kier alpha value is -1.21. The van der Waals surface area contributed by atoms with Gasteiger partial charge in [-0.2, -0.15) is 0 Å². The first-order chi connectivity index (χ1) is 6.85. The van der Waals surface area contributed by atoms with E-state index in [1.165, 1.54) is 21.2 Å². The van der Waals surface area contributed by atoms with Crippen molar-refractivity contribution in [3.8, 4) is 0 Å². The van der Waals surface area contributed by atoms with E-state index in [0.717, 1.165) is 0 Å². The maximum absolute atomic E-state index is 3.82. The molecule has 0 aliphatic carbocycles. The molecular formula is C13H12S. The average molecular weight is 200 g/mol. The van der Waals surface area contributed by atoms with Gasteiger partial charge in [0.15, 0.2) is 0 Å². The quantitative estimate of drug-likeness (QED) is 0.654. The molecule has 0 atom stereocenters. The van der Waals surface area contributed by atoms with Crippen LogP contribution in [0.2, 0.25) is 0 Å². The minimum absolute atomic E-state index is 1.20. The minimum atomic E-state index is 1.20. The lowest BCUT2D eigenvalue weighted by atomic mass is 10.1. The first kappa shape index (κ1) is 9.35. The maximum Gasteiger partial charge on any atom is 0.00755 e. The molecule has 1 heteroatoms. The van der Waals surface area contributed by atoms with Crippen molar-refractivity contribution in [2.45, 2.75) is 4.90 Å². The zero-order valence-corrected chi connectivity index (χ0v) is 8.97. The number of rotatable bonds is 2. The van der Waals surface area contributed by atoms with Gasteiger partial charge < -0.3 is 0 Å². The van der Waals surface area contributed by atoms with Crippen molar-refractivity contribution < 1.29 is 0 Å². The van der Waals surface area contributed by atoms with Gasteiger partial charge in [0.25, 0.3) is 0 Å². The van der Waals surface area contributed by atoms with Crippen LogP contribution in [0.15, 0.2) is 47.9 Å². The molecular weight excluding hydrogens is 188 g/mol. The van der Waals surface area contributed by atoms with E-state index in [2.05, 4.69) is 49.2 Å². The van der Waals surface area contributed by atoms with Gasteiger partial charge in [0.2, 0.25) is 0 Å². The number of benzene rings is 2. The molecule has 0 aliphatic rings. The zero-order valence-electron chi connectivity index (χ0n) is 8.16. The third kappa shape index (κ3) is 1.55. The van der Waals surface area contributed by atoms with Crippen molar-refractivity contribution in [1.29, 1.82) is 0 Å². The highest BCUT2D eigenvalue weighted by Crippen LogP contribution is 2.24. The van der Waals surface area contributed by atoms with Crippen LogP contribution in [0.5, 0.6) is 0 Å². The number of fused-ring (bicyclic) bond motifs is 1. The van der Waals surface area contributed by atoms with E-state index in [4.69, 9.17) is 0 Å². The van der Waals surface area contributed by atoms with Crippen LogP contribution in [0.1, 0.15) is 5.56 Å². The van der Waals surface area contributed by atoms with Crippen molar-refractivity contribution in [3.05, 3.63) is 48.5 Å². The molecule has 0 fully saturated rings. The standard InChI is InChI=1S/C13H12S/c1-3-10-5-4-6-11-9-12(14-2)7-8-13(10)11/h3-9H,1H2,2H3. The largest absolute Gasteiger partial charge is 0.130 e. The molecule has 2 aromatic rings. The summed E-state index contributed by atoms with van der Waals surface area (Å²) < 4.78 is 0. The molecule has 2 aromatic carbocycles. The molecule has 0 spiro atoms. The summed E-state index contributed by atoms with van der Waals surface area (Å²) >= 11 is 1.77. The molecule has 0 radical (unpaired) electrons. The van der Waals surface area contributed by atoms with Crippen LogP contribution in [-0.2, 0) is 0 Å². The lowest BCUT2D eigenvalue weighted by molar-refractivity contribution is 1.51. The van der Waals surface area contributed by atoms with Crippen LogP contribution in [0.25, 0.3) is 16.8 Å². The number of hydrogen-bond donors (Lipinski definition) is 0. The van der Waals surface area contributed by atoms with E-state index in [1.54, 1.807) is 11.8 Å². The summed E-state index contributed by atoms with van der Waals surface area (Å²) in [4.78, 5) is 1.30. The second-order valence-corrected chi connectivity index (χ2v) is 4.02. The molecule has 2 rings (SSSR count). The van der Waals surface area contributed by atoms with E-state index in [1.807, 2.05) is 6.08 Å². The van der Waals surface area contributed by atoms with Gasteiger partial charge >= 0.3 is 0 Å². The van der Waals surface area contributed by atoms with E-state index >= 15 is 0 Å². The number of hydrogen-bond acceptors (Lipinski definition) is 1. The van der Waals surface area contributed by atoms with Gasteiger partial charge in [0, 0.05) is 4.90 Å². The van der Waals surface area contributed by atoms with Gasteiger partial charge in [0.1, 0.15) is 0 Å². The molecule has 0 amide bonds. The fourth-order valence-electron chi connectivity index (χ4n) is 1.59. The molecule has 0 saturated heterocycles. The second kappa shape index (κ2) is 3.89. The van der Waals surface area contributed by atoms with Crippen LogP contribution in [-0.4, -0.2) is 6.26 Å². The summed E-state index contributed by atoms with van der Waals surface area (Å²) in [5.74, 6) is 0. The molecule has 0 aromatic heterocycles. The molecule has 0 unspecified atom stereocenters. The summed E-state index contributed by atoms with van der Waals surface area (Å²) in [5, 5.41) is 2.56. The molecule has 0 nitrogen and oxygen atoms in total. The summed E-state index contributed by atoms with van der Waals surface area (Å²) in [6, 6.07) is 12.8. The third-order valence-corrected chi connectivity index (χ3v) is 3.07. The molecule has 0 saturated carbocycles. The lowest BCUT2D eigenvalue weighted by Gasteiger charge is -2.03. The summed E-state index contributed by atoms with van der Waals surface area (Å²) in [6.07, 6.45) is 4.00. The zero-order chi connectivity index (χ0) is 9.97. The average Bonchev–Trinajstić information content (AvgIpc) is 2.27. The van der Waals surface area contributed by atoms with E-state index in [9.17, 15) is 0 Å². The highest BCUT2D eigenvalue weighted by atomic mass is 32.2. The molecule has 0 heterocycles. The van der Waals surface area contributed by atoms with E-state index < -0.39 is 0 Å². The van der Waals surface area contributed by atoms with Crippen molar-refractivity contribution in [1.82, 2.24) is 0 Å². The van der Waals surface area contributed by atoms with Crippen molar-refractivity contribution in [3.63, 3.8) is 0 Å². The molecule has 0 aliphatic heterocycles. The fourth-order valence-corrected chi connectivity index (χ4v) is 2.04. The Morgan fingerprint density at radius 2 is 2.07 bits per heavy atom. The summed E-state index contributed by atoms with van der Waals surface area (Å²) in [7, 11) is 0. The summed E-state index contributed by atoms with van der Waals surface area (Å²) in [5.41, 5.74) is 1.20. The Bertz CT molecular complexity index is 472. The highest BCUT2D eigenvalue weighted by Gasteiger charge is 1.98. The van der Waals surface area contributed by atoms with Crippen molar-refractivity contribution >= 4 is 28.6 Å². The van der Waals surface area contributed by atoms with Crippen LogP contribution in [0, 0.1) is 0 Å². The number of thioether (sulfide) groups is 1. The van der Waals surface area contributed by atoms with Gasteiger partial charge in [-0.3, -0.25) is 0 Å². The van der Waals surface area contributed by atoms with Crippen LogP contribution >= 0.6 is 11.8 Å². The Balaban J connectivity index is 2.73. The molecule has 14 heavy (non-hydrogen) atoms. The minimum Gasteiger partial charge on any atom is -0.130 e. The third-order valence-electron chi connectivity index (χ3n) is 2.34. The fraction of sp³-hybridized carbons (Fsp3) is 0.0769. The van der Waals surface area contributed by atoms with E-state index in [0.29, 0.717) is 0 Å². The monoisotopic (exact) mass is 200 g/mol. The van der Waals surface area contributed by atoms with Gasteiger partial charge in [0.05, 0.1) is 0 Å². The topological polar surface area (TPSA) is 0 Å². The smallest absolute Gasteiger partial charge is 0.00755 e. The summed E-state index contributed by atoms with van der Waals surface area (Å²) in [6.45, 7) is 3.82. The highest BCUT2D eigenvalue weighted by molar-refractivity contribution is 7.98. The Kier molecular flexibility index (Phi) is 2.60. The van der Waals surface area contributed by atoms with Crippen LogP contribution < -0.4 is 0 Å². The Morgan fingerprint density at radius 3 is 2.79 bits per heavy atom. The van der Waals surface area contributed by atoms with Crippen molar-refractivity contribution in [2.75, 3.05) is 6.26 Å². The predicted molar refractivity (Wildman–Crippen MR) is 65.8 cm³/mol. The normalized spacial score (nSPS) is 10.4. The lowest BCUT2D eigenvalue weighted by Crippen LogP contribution is -1.78. The van der Waals surface area contributed by atoms with E-state index in [-0.39, 0.29) is 0 Å². The Labute approximate surface area is 88.6 Å². The SMILES string of the molecule is C=Cc1cccc2cc(SC)ccc12. The van der Waals surface area contributed by atoms with Crippen LogP contribution in [0.3, 0.4) is 0 Å². The van der Waals surface area contributed by atoms with Gasteiger partial charge in [-0.05, 0) is 34.7 Å². The maximum atomic E-state index is 3.82. The molecule has 0 bridgehead atoms. The first-order valence-electron chi connectivity index (χ1n) is 4.54. The molecule has 70 valence electrons. The van der Waals surface area contributed by atoms with Crippen molar-refractivity contribution in [2.24, 2.45) is 0 Å². The Morgan fingerprint density at radius 1 is 1.21 bits per heavy atom. The second-order valence-electron chi connectivity index (χ2n) is 3.14. The molecule has 0 N–H and O–H groups in total. The van der Waals surface area contributed by atoms with Gasteiger partial charge in [-0.15, -0.1) is 11.8 Å². The van der Waals surface area contributed by atoms with Gasteiger partial charge in [-0.1, -0.05) is 36.9 Å². The first-order valence-corrected chi connectivity index (χ1v) is 5.77.